The molecule has 0 aliphatic carbocycles. The van der Waals surface area contributed by atoms with Crippen LogP contribution in [0.15, 0.2) is 36.5 Å². The third-order valence-electron chi connectivity index (χ3n) is 7.04. The lowest BCUT2D eigenvalue weighted by molar-refractivity contribution is -0.686. The van der Waals surface area contributed by atoms with E-state index >= 15 is 0 Å². The van der Waals surface area contributed by atoms with Crippen molar-refractivity contribution < 1.29 is 40.5 Å². The number of methoxy groups -OCH3 is 1. The Kier molecular flexibility index (Phi) is 8.77. The summed E-state index contributed by atoms with van der Waals surface area (Å²) < 4.78 is 25.6. The molecule has 0 atom stereocenters. The summed E-state index contributed by atoms with van der Waals surface area (Å²) in [4.78, 5) is 0. The van der Waals surface area contributed by atoms with Gasteiger partial charge in [0.25, 0.3) is 0 Å². The summed E-state index contributed by atoms with van der Waals surface area (Å²) in [6.45, 7) is 4.21. The molecular formula is C29H36BrNO4. The van der Waals surface area contributed by atoms with Gasteiger partial charge in [0.2, 0.25) is 12.5 Å². The van der Waals surface area contributed by atoms with Gasteiger partial charge in [-0.3, -0.25) is 0 Å². The maximum atomic E-state index is 6.33. The van der Waals surface area contributed by atoms with E-state index in [1.807, 2.05) is 6.07 Å². The number of benzene rings is 2. The molecule has 0 amide bonds. The zero-order valence-corrected chi connectivity index (χ0v) is 22.5. The largest absolute Gasteiger partial charge is 1.00 e. The van der Waals surface area contributed by atoms with E-state index in [-0.39, 0.29) is 17.0 Å². The first-order valence-corrected chi connectivity index (χ1v) is 12.9. The van der Waals surface area contributed by atoms with Crippen molar-refractivity contribution in [2.24, 2.45) is 0 Å². The monoisotopic (exact) mass is 541 g/mol. The summed E-state index contributed by atoms with van der Waals surface area (Å²) >= 11 is 0. The Morgan fingerprint density at radius 3 is 2.43 bits per heavy atom. The van der Waals surface area contributed by atoms with E-state index in [9.17, 15) is 0 Å². The number of ether oxygens (including phenoxy) is 4. The predicted molar refractivity (Wildman–Crippen MR) is 134 cm³/mol. The van der Waals surface area contributed by atoms with Crippen molar-refractivity contribution in [3.8, 4) is 34.3 Å². The molecule has 3 heterocycles. The van der Waals surface area contributed by atoms with Gasteiger partial charge in [0, 0.05) is 12.5 Å². The van der Waals surface area contributed by atoms with Crippen LogP contribution in [0.5, 0.6) is 23.0 Å². The lowest BCUT2D eigenvalue weighted by Gasteiger charge is -2.18. The smallest absolute Gasteiger partial charge is 0.231 e. The summed E-state index contributed by atoms with van der Waals surface area (Å²) in [6.07, 6.45) is 13.5. The number of hydrogen-bond donors (Lipinski definition) is 0. The molecule has 0 saturated heterocycles. The zero-order chi connectivity index (χ0) is 23.3. The Bertz CT molecular complexity index is 1160. The van der Waals surface area contributed by atoms with Crippen molar-refractivity contribution in [2.45, 2.75) is 71.3 Å². The summed E-state index contributed by atoms with van der Waals surface area (Å²) in [5.74, 6) is 3.34. The van der Waals surface area contributed by atoms with Crippen molar-refractivity contribution >= 4 is 10.8 Å². The Labute approximate surface area is 219 Å². The molecular weight excluding hydrogens is 506 g/mol. The normalized spacial score (nSPS) is 13.2. The second kappa shape index (κ2) is 12.0. The van der Waals surface area contributed by atoms with Crippen LogP contribution in [0.1, 0.15) is 63.9 Å². The average molecular weight is 543 g/mol. The van der Waals surface area contributed by atoms with Crippen molar-refractivity contribution in [3.63, 3.8) is 0 Å². The molecule has 1 aromatic heterocycles. The number of hydrogen-bond acceptors (Lipinski definition) is 4. The summed E-state index contributed by atoms with van der Waals surface area (Å²) in [5.41, 5.74) is 3.73. The molecule has 5 nitrogen and oxygen atoms in total. The van der Waals surface area contributed by atoms with Gasteiger partial charge in [0.15, 0.2) is 35.7 Å². The summed E-state index contributed by atoms with van der Waals surface area (Å²) in [7, 11) is 1.72. The Hall–Kier alpha value is -2.47. The molecule has 6 heteroatoms. The molecule has 2 aliphatic heterocycles. The van der Waals surface area contributed by atoms with Gasteiger partial charge in [-0.05, 0) is 41.6 Å². The zero-order valence-electron chi connectivity index (χ0n) is 20.9. The molecule has 2 aliphatic rings. The summed E-state index contributed by atoms with van der Waals surface area (Å²) in [6, 6.07) is 10.7. The minimum absolute atomic E-state index is 0. The topological polar surface area (TPSA) is 40.8 Å². The molecule has 0 fully saturated rings. The number of rotatable bonds is 11. The highest BCUT2D eigenvalue weighted by atomic mass is 79.9. The van der Waals surface area contributed by atoms with Gasteiger partial charge in [0.05, 0.1) is 24.7 Å². The SMILES string of the molecule is CCCCCCCCCCOc1c(OC)ccc2cc3[n+](cc12)CCc1cc2c(cc1-3)OCO2.[Br-]. The van der Waals surface area contributed by atoms with Crippen molar-refractivity contribution in [3.05, 3.63) is 42.1 Å². The molecule has 35 heavy (non-hydrogen) atoms. The van der Waals surface area contributed by atoms with E-state index in [1.54, 1.807) is 7.11 Å². The van der Waals surface area contributed by atoms with Crippen LogP contribution in [0.25, 0.3) is 22.0 Å². The number of halogens is 1. The third-order valence-corrected chi connectivity index (χ3v) is 7.04. The molecule has 0 N–H and O–H groups in total. The Morgan fingerprint density at radius 2 is 1.66 bits per heavy atom. The second-order valence-electron chi connectivity index (χ2n) is 9.39. The Balaban J connectivity index is 0.00000289. The van der Waals surface area contributed by atoms with Crippen molar-refractivity contribution in [2.75, 3.05) is 20.5 Å². The first-order chi connectivity index (χ1) is 16.8. The lowest BCUT2D eigenvalue weighted by atomic mass is 9.95. The highest BCUT2D eigenvalue weighted by Crippen LogP contribution is 2.41. The number of nitrogens with zero attached hydrogens (tertiary/aromatic N) is 1. The first-order valence-electron chi connectivity index (χ1n) is 12.9. The van der Waals surface area contributed by atoms with Crippen LogP contribution in [0.3, 0.4) is 0 Å². The van der Waals surface area contributed by atoms with Crippen LogP contribution in [-0.4, -0.2) is 20.5 Å². The number of fused-ring (bicyclic) bond motifs is 5. The molecule has 0 radical (unpaired) electrons. The van der Waals surface area contributed by atoms with Gasteiger partial charge in [-0.25, -0.2) is 0 Å². The lowest BCUT2D eigenvalue weighted by Crippen LogP contribution is -3.00. The van der Waals surface area contributed by atoms with Crippen LogP contribution in [0.4, 0.5) is 0 Å². The fourth-order valence-electron chi connectivity index (χ4n) is 5.12. The van der Waals surface area contributed by atoms with Gasteiger partial charge in [-0.15, -0.1) is 0 Å². The molecule has 0 saturated carbocycles. The van der Waals surface area contributed by atoms with E-state index in [1.165, 1.54) is 61.8 Å². The fraction of sp³-hybridized carbons (Fsp3) is 0.483. The van der Waals surface area contributed by atoms with Gasteiger partial charge in [0.1, 0.15) is 0 Å². The van der Waals surface area contributed by atoms with Crippen LogP contribution < -0.4 is 40.5 Å². The van der Waals surface area contributed by atoms with Gasteiger partial charge in [-0.2, -0.15) is 4.57 Å². The molecule has 188 valence electrons. The van der Waals surface area contributed by atoms with E-state index in [0.717, 1.165) is 59.8 Å². The quantitative estimate of drug-likeness (QED) is 0.274. The second-order valence-corrected chi connectivity index (χ2v) is 9.39. The van der Waals surface area contributed by atoms with Gasteiger partial charge in [-0.1, -0.05) is 51.9 Å². The third kappa shape index (κ3) is 5.53. The van der Waals surface area contributed by atoms with E-state index in [0.29, 0.717) is 6.79 Å². The van der Waals surface area contributed by atoms with Crippen LogP contribution in [0.2, 0.25) is 0 Å². The van der Waals surface area contributed by atoms with Gasteiger partial charge < -0.3 is 35.9 Å². The number of unbranched alkanes of at least 4 members (excludes halogenated alkanes) is 7. The van der Waals surface area contributed by atoms with Crippen LogP contribution in [-0.2, 0) is 13.0 Å². The van der Waals surface area contributed by atoms with Crippen LogP contribution in [0, 0.1) is 0 Å². The van der Waals surface area contributed by atoms with Crippen molar-refractivity contribution in [1.82, 2.24) is 0 Å². The molecule has 2 aromatic carbocycles. The highest BCUT2D eigenvalue weighted by Gasteiger charge is 2.28. The summed E-state index contributed by atoms with van der Waals surface area (Å²) in [5, 5.41) is 2.26. The number of aromatic nitrogens is 1. The minimum Gasteiger partial charge on any atom is -1.00 e. The van der Waals surface area contributed by atoms with E-state index in [4.69, 9.17) is 18.9 Å². The van der Waals surface area contributed by atoms with Gasteiger partial charge >= 0.3 is 0 Å². The van der Waals surface area contributed by atoms with Crippen molar-refractivity contribution in [1.29, 1.82) is 0 Å². The fourth-order valence-corrected chi connectivity index (χ4v) is 5.12. The molecule has 3 aromatic rings. The predicted octanol–water partition coefficient (Wildman–Crippen LogP) is 3.61. The van der Waals surface area contributed by atoms with E-state index < -0.39 is 0 Å². The highest BCUT2D eigenvalue weighted by molar-refractivity contribution is 5.91. The minimum atomic E-state index is 0. The molecule has 5 rings (SSSR count). The molecule has 0 unspecified atom stereocenters. The average Bonchev–Trinajstić information content (AvgIpc) is 3.32. The van der Waals surface area contributed by atoms with E-state index in [2.05, 4.69) is 42.0 Å². The first kappa shape index (κ1) is 25.6. The molecule has 0 bridgehead atoms. The maximum Gasteiger partial charge on any atom is 0.231 e. The van der Waals surface area contributed by atoms with Crippen LogP contribution >= 0.6 is 0 Å². The number of pyridine rings is 1. The maximum absolute atomic E-state index is 6.33. The standard InChI is InChI=1S/C29H36NO4.BrH/c1-3-4-5-6-7-8-9-10-15-32-29-24-19-30-14-13-22-17-27-28(34-20-33-27)18-23(22)25(30)16-21(24)11-12-26(29)31-2;/h11-12,16-19H,3-10,13-15,20H2,1-2H3;1H/q+1;/p-1. The number of aryl methyl sites for hydroxylation is 2. The molecule has 0 spiro atoms. The Morgan fingerprint density at radius 1 is 0.914 bits per heavy atom.